The Kier molecular flexibility index (Phi) is 6.03. The SMILES string of the molecule is CC(Sc1ccc(Br)cc1)C(=O)N(C)Cc1cccc(F)c1. The van der Waals surface area contributed by atoms with Crippen LogP contribution in [0.3, 0.4) is 0 Å². The normalized spacial score (nSPS) is 12.0. The number of amides is 1. The molecule has 2 nitrogen and oxygen atoms in total. The van der Waals surface area contributed by atoms with Crippen LogP contribution in [-0.2, 0) is 11.3 Å². The summed E-state index contributed by atoms with van der Waals surface area (Å²) in [5, 5.41) is -0.195. The summed E-state index contributed by atoms with van der Waals surface area (Å²) < 4.78 is 14.2. The van der Waals surface area contributed by atoms with Crippen molar-refractivity contribution >= 4 is 33.6 Å². The number of benzene rings is 2. The number of carbonyl (C=O) groups excluding carboxylic acids is 1. The fraction of sp³-hybridized carbons (Fsp3) is 0.235. The van der Waals surface area contributed by atoms with Gasteiger partial charge in [-0.15, -0.1) is 11.8 Å². The maximum atomic E-state index is 13.2. The van der Waals surface area contributed by atoms with Crippen LogP contribution in [-0.4, -0.2) is 23.1 Å². The maximum Gasteiger partial charge on any atom is 0.235 e. The molecular weight excluding hydrogens is 365 g/mol. The molecule has 1 unspecified atom stereocenters. The van der Waals surface area contributed by atoms with Gasteiger partial charge in [-0.25, -0.2) is 4.39 Å². The van der Waals surface area contributed by atoms with Crippen LogP contribution in [0.15, 0.2) is 57.9 Å². The summed E-state index contributed by atoms with van der Waals surface area (Å²) in [6.07, 6.45) is 0. The Bertz CT molecular complexity index is 647. The van der Waals surface area contributed by atoms with Crippen molar-refractivity contribution in [3.63, 3.8) is 0 Å². The number of nitrogens with zero attached hydrogens (tertiary/aromatic N) is 1. The van der Waals surface area contributed by atoms with E-state index in [2.05, 4.69) is 15.9 Å². The van der Waals surface area contributed by atoms with Gasteiger partial charge in [0.1, 0.15) is 5.82 Å². The molecule has 0 aliphatic heterocycles. The van der Waals surface area contributed by atoms with E-state index in [0.29, 0.717) is 6.54 Å². The molecule has 0 aliphatic carbocycles. The van der Waals surface area contributed by atoms with Gasteiger partial charge >= 0.3 is 0 Å². The predicted molar refractivity (Wildman–Crippen MR) is 92.3 cm³/mol. The molecule has 0 aromatic heterocycles. The van der Waals surface area contributed by atoms with Crippen molar-refractivity contribution in [2.24, 2.45) is 0 Å². The van der Waals surface area contributed by atoms with Gasteiger partial charge in [-0.1, -0.05) is 28.1 Å². The van der Waals surface area contributed by atoms with E-state index < -0.39 is 0 Å². The molecule has 1 amide bonds. The molecule has 5 heteroatoms. The molecule has 0 N–H and O–H groups in total. The van der Waals surface area contributed by atoms with E-state index in [4.69, 9.17) is 0 Å². The molecule has 1 atom stereocenters. The van der Waals surface area contributed by atoms with Crippen LogP contribution < -0.4 is 0 Å². The molecular formula is C17H17BrFNOS. The minimum absolute atomic E-state index is 0.0252. The zero-order valence-electron chi connectivity index (χ0n) is 12.4. The lowest BCUT2D eigenvalue weighted by molar-refractivity contribution is -0.129. The Morgan fingerprint density at radius 2 is 1.95 bits per heavy atom. The Labute approximate surface area is 142 Å². The van der Waals surface area contributed by atoms with Gasteiger partial charge in [0.25, 0.3) is 0 Å². The lowest BCUT2D eigenvalue weighted by Crippen LogP contribution is -2.32. The monoisotopic (exact) mass is 381 g/mol. The minimum atomic E-state index is -0.282. The van der Waals surface area contributed by atoms with Crippen LogP contribution in [0.25, 0.3) is 0 Å². The number of rotatable bonds is 5. The molecule has 116 valence electrons. The first kappa shape index (κ1) is 17.0. The van der Waals surface area contributed by atoms with Gasteiger partial charge in [0, 0.05) is 23.0 Å². The molecule has 0 fully saturated rings. The highest BCUT2D eigenvalue weighted by molar-refractivity contribution is 9.10. The van der Waals surface area contributed by atoms with Crippen molar-refractivity contribution in [3.8, 4) is 0 Å². The largest absolute Gasteiger partial charge is 0.340 e. The van der Waals surface area contributed by atoms with Crippen molar-refractivity contribution in [2.75, 3.05) is 7.05 Å². The number of halogens is 2. The van der Waals surface area contributed by atoms with E-state index in [1.807, 2.05) is 37.3 Å². The zero-order chi connectivity index (χ0) is 16.1. The van der Waals surface area contributed by atoms with Gasteiger partial charge in [0.2, 0.25) is 5.91 Å². The third-order valence-corrected chi connectivity index (χ3v) is 4.79. The lowest BCUT2D eigenvalue weighted by atomic mass is 10.2. The molecule has 0 heterocycles. The summed E-state index contributed by atoms with van der Waals surface area (Å²) in [5.41, 5.74) is 0.789. The molecule has 0 saturated carbocycles. The van der Waals surface area contributed by atoms with Gasteiger partial charge in [0.05, 0.1) is 5.25 Å². The summed E-state index contributed by atoms with van der Waals surface area (Å²) in [4.78, 5) is 15.1. The minimum Gasteiger partial charge on any atom is -0.340 e. The van der Waals surface area contributed by atoms with Gasteiger partial charge < -0.3 is 4.90 Å². The fourth-order valence-corrected chi connectivity index (χ4v) is 3.31. The van der Waals surface area contributed by atoms with E-state index in [-0.39, 0.29) is 17.0 Å². The Hall–Kier alpha value is -1.33. The summed E-state index contributed by atoms with van der Waals surface area (Å²) in [6, 6.07) is 14.2. The smallest absolute Gasteiger partial charge is 0.235 e. The van der Waals surface area contributed by atoms with Gasteiger partial charge in [-0.3, -0.25) is 4.79 Å². The summed E-state index contributed by atoms with van der Waals surface area (Å²) >= 11 is 4.91. The summed E-state index contributed by atoms with van der Waals surface area (Å²) in [6.45, 7) is 2.29. The quantitative estimate of drug-likeness (QED) is 0.697. The van der Waals surface area contributed by atoms with Crippen molar-refractivity contribution in [2.45, 2.75) is 23.6 Å². The maximum absolute atomic E-state index is 13.2. The average Bonchev–Trinajstić information content (AvgIpc) is 2.48. The van der Waals surface area contributed by atoms with Crippen LogP contribution in [0, 0.1) is 5.82 Å². The van der Waals surface area contributed by atoms with Crippen molar-refractivity contribution < 1.29 is 9.18 Å². The highest BCUT2D eigenvalue weighted by atomic mass is 79.9. The summed E-state index contributed by atoms with van der Waals surface area (Å²) in [7, 11) is 1.74. The molecule has 0 bridgehead atoms. The van der Waals surface area contributed by atoms with E-state index in [1.165, 1.54) is 23.9 Å². The molecule has 2 aromatic rings. The Balaban J connectivity index is 1.96. The van der Waals surface area contributed by atoms with E-state index in [9.17, 15) is 9.18 Å². The second-order valence-corrected chi connectivity index (χ2v) is 7.37. The standard InChI is InChI=1S/C17H17BrFNOS/c1-12(22-16-8-6-14(18)7-9-16)17(21)20(2)11-13-4-3-5-15(19)10-13/h3-10,12H,11H2,1-2H3. The molecule has 2 rings (SSSR count). The molecule has 2 aromatic carbocycles. The van der Waals surface area contributed by atoms with E-state index in [0.717, 1.165) is 14.9 Å². The zero-order valence-corrected chi connectivity index (χ0v) is 14.8. The number of hydrogen-bond donors (Lipinski definition) is 0. The molecule has 0 aliphatic rings. The van der Waals surface area contributed by atoms with E-state index in [1.54, 1.807) is 18.0 Å². The highest BCUT2D eigenvalue weighted by Crippen LogP contribution is 2.26. The van der Waals surface area contributed by atoms with Crippen molar-refractivity contribution in [1.82, 2.24) is 4.90 Å². The first-order valence-electron chi connectivity index (χ1n) is 6.87. The lowest BCUT2D eigenvalue weighted by Gasteiger charge is -2.21. The third kappa shape index (κ3) is 4.85. The first-order chi connectivity index (χ1) is 10.5. The summed E-state index contributed by atoms with van der Waals surface area (Å²) in [5.74, 6) is -0.257. The van der Waals surface area contributed by atoms with Crippen molar-refractivity contribution in [1.29, 1.82) is 0 Å². The average molecular weight is 382 g/mol. The van der Waals surface area contributed by atoms with Crippen LogP contribution >= 0.6 is 27.7 Å². The van der Waals surface area contributed by atoms with E-state index >= 15 is 0 Å². The predicted octanol–water partition coefficient (Wildman–Crippen LogP) is 4.73. The number of thioether (sulfide) groups is 1. The topological polar surface area (TPSA) is 20.3 Å². The highest BCUT2D eigenvalue weighted by Gasteiger charge is 2.18. The number of carbonyl (C=O) groups is 1. The fourth-order valence-electron chi connectivity index (χ4n) is 2.07. The third-order valence-electron chi connectivity index (χ3n) is 3.16. The molecule has 0 saturated heterocycles. The molecule has 0 radical (unpaired) electrons. The van der Waals surface area contributed by atoms with Crippen LogP contribution in [0.5, 0.6) is 0 Å². The van der Waals surface area contributed by atoms with Gasteiger partial charge in [-0.2, -0.15) is 0 Å². The first-order valence-corrected chi connectivity index (χ1v) is 8.54. The van der Waals surface area contributed by atoms with Gasteiger partial charge in [-0.05, 0) is 48.9 Å². The number of hydrogen-bond acceptors (Lipinski definition) is 2. The van der Waals surface area contributed by atoms with Crippen molar-refractivity contribution in [3.05, 3.63) is 64.4 Å². The second-order valence-electron chi connectivity index (χ2n) is 5.04. The molecule has 22 heavy (non-hydrogen) atoms. The van der Waals surface area contributed by atoms with Crippen LogP contribution in [0.1, 0.15) is 12.5 Å². The van der Waals surface area contributed by atoms with Crippen LogP contribution in [0.4, 0.5) is 4.39 Å². The molecule has 0 spiro atoms. The van der Waals surface area contributed by atoms with Gasteiger partial charge in [0.15, 0.2) is 0 Å². The van der Waals surface area contributed by atoms with Crippen LogP contribution in [0.2, 0.25) is 0 Å². The Morgan fingerprint density at radius 1 is 1.27 bits per heavy atom. The Morgan fingerprint density at radius 3 is 2.59 bits per heavy atom. The second kappa shape index (κ2) is 7.79.